The van der Waals surface area contributed by atoms with E-state index in [1.54, 1.807) is 0 Å². The van der Waals surface area contributed by atoms with Crippen molar-refractivity contribution in [3.63, 3.8) is 0 Å². The fraction of sp³-hybridized carbons (Fsp3) is 0.565. The zero-order valence-corrected chi connectivity index (χ0v) is 15.0. The molecule has 0 spiro atoms. The molecule has 23 heavy (non-hydrogen) atoms. The van der Waals surface area contributed by atoms with Crippen LogP contribution in [0.1, 0.15) is 82.8 Å². The molecule has 0 heterocycles. The highest BCUT2D eigenvalue weighted by molar-refractivity contribution is 5.42. The van der Waals surface area contributed by atoms with E-state index in [0.717, 1.165) is 11.5 Å². The van der Waals surface area contributed by atoms with Gasteiger partial charge < -0.3 is 0 Å². The van der Waals surface area contributed by atoms with Crippen LogP contribution in [0.5, 0.6) is 0 Å². The van der Waals surface area contributed by atoms with E-state index in [4.69, 9.17) is 0 Å². The number of hydrogen-bond acceptors (Lipinski definition) is 0. The molecule has 0 amide bonds. The van der Waals surface area contributed by atoms with Gasteiger partial charge in [-0.1, -0.05) is 76.0 Å². The minimum Gasteiger partial charge on any atom is -0.0726 e. The van der Waals surface area contributed by atoms with Gasteiger partial charge in [0.05, 0.1) is 0 Å². The van der Waals surface area contributed by atoms with Crippen molar-refractivity contribution >= 4 is 0 Å². The molecule has 0 aromatic heterocycles. The minimum absolute atomic E-state index is 0.905. The van der Waals surface area contributed by atoms with Gasteiger partial charge in [-0.15, -0.1) is 0 Å². The van der Waals surface area contributed by atoms with Gasteiger partial charge in [0.15, 0.2) is 0 Å². The third-order valence-electron chi connectivity index (χ3n) is 4.88. The molecule has 0 saturated carbocycles. The van der Waals surface area contributed by atoms with E-state index < -0.39 is 0 Å². The lowest BCUT2D eigenvalue weighted by Crippen LogP contribution is -2.05. The Hall–Kier alpha value is -1.48. The number of aryl methyl sites for hydroxylation is 1. The van der Waals surface area contributed by atoms with Gasteiger partial charge in [-0.25, -0.2) is 0 Å². The third kappa shape index (κ3) is 6.66. The summed E-state index contributed by atoms with van der Waals surface area (Å²) >= 11 is 0. The lowest BCUT2D eigenvalue weighted by molar-refractivity contribution is 0.425. The van der Waals surface area contributed by atoms with Gasteiger partial charge >= 0.3 is 0 Å². The van der Waals surface area contributed by atoms with Crippen LogP contribution in [0, 0.1) is 17.8 Å². The van der Waals surface area contributed by atoms with E-state index in [-0.39, 0.29) is 0 Å². The van der Waals surface area contributed by atoms with Gasteiger partial charge in [0.2, 0.25) is 0 Å². The Balaban J connectivity index is 1.83. The molecular weight excluding hydrogens is 276 g/mol. The van der Waals surface area contributed by atoms with Crippen LogP contribution in [0.15, 0.2) is 35.9 Å². The van der Waals surface area contributed by atoms with Crippen molar-refractivity contribution in [3.05, 3.63) is 47.0 Å². The van der Waals surface area contributed by atoms with Crippen molar-refractivity contribution < 1.29 is 0 Å². The van der Waals surface area contributed by atoms with Gasteiger partial charge in [0, 0.05) is 5.56 Å². The van der Waals surface area contributed by atoms with Gasteiger partial charge in [-0.3, -0.25) is 0 Å². The molecule has 0 nitrogen and oxygen atoms in total. The van der Waals surface area contributed by atoms with Gasteiger partial charge in [0.25, 0.3) is 0 Å². The summed E-state index contributed by atoms with van der Waals surface area (Å²) in [5.74, 6) is 7.65. The van der Waals surface area contributed by atoms with Crippen molar-refractivity contribution in [1.29, 1.82) is 0 Å². The monoisotopic (exact) mass is 308 g/mol. The average molecular weight is 309 g/mol. The van der Waals surface area contributed by atoms with Crippen LogP contribution >= 0.6 is 0 Å². The summed E-state index contributed by atoms with van der Waals surface area (Å²) in [7, 11) is 0. The Kier molecular flexibility index (Phi) is 8.02. The Morgan fingerprint density at radius 1 is 0.957 bits per heavy atom. The van der Waals surface area contributed by atoms with Crippen LogP contribution in [0.2, 0.25) is 0 Å². The minimum atomic E-state index is 0.905. The second-order valence-electron chi connectivity index (χ2n) is 6.92. The molecule has 1 unspecified atom stereocenters. The van der Waals surface area contributed by atoms with Crippen LogP contribution < -0.4 is 0 Å². The Morgan fingerprint density at radius 3 is 2.39 bits per heavy atom. The fourth-order valence-electron chi connectivity index (χ4n) is 3.24. The van der Waals surface area contributed by atoms with Crippen LogP contribution in [0.3, 0.4) is 0 Å². The predicted octanol–water partition coefficient (Wildman–Crippen LogP) is 6.69. The zero-order chi connectivity index (χ0) is 16.3. The van der Waals surface area contributed by atoms with Crippen molar-refractivity contribution in [2.24, 2.45) is 5.92 Å². The predicted molar refractivity (Wildman–Crippen MR) is 101 cm³/mol. The number of hydrogen-bond donors (Lipinski definition) is 0. The van der Waals surface area contributed by atoms with Gasteiger partial charge in [0.1, 0.15) is 0 Å². The summed E-state index contributed by atoms with van der Waals surface area (Å²) in [6, 6.07) is 8.86. The summed E-state index contributed by atoms with van der Waals surface area (Å²) in [4.78, 5) is 0. The summed E-state index contributed by atoms with van der Waals surface area (Å²) in [5.41, 5.74) is 3.95. The highest BCUT2D eigenvalue weighted by Gasteiger charge is 2.12. The van der Waals surface area contributed by atoms with E-state index in [9.17, 15) is 0 Å². The molecule has 0 bridgehead atoms. The van der Waals surface area contributed by atoms with Crippen LogP contribution in [-0.2, 0) is 6.42 Å². The second kappa shape index (κ2) is 10.3. The van der Waals surface area contributed by atoms with Gasteiger partial charge in [-0.05, 0) is 61.3 Å². The molecule has 0 fully saturated rings. The molecule has 0 radical (unpaired) electrons. The first-order valence-corrected chi connectivity index (χ1v) is 9.61. The molecule has 1 aliphatic carbocycles. The molecule has 1 aromatic carbocycles. The van der Waals surface area contributed by atoms with Crippen molar-refractivity contribution in [3.8, 4) is 11.8 Å². The maximum Gasteiger partial charge on any atom is 0.0249 e. The fourth-order valence-corrected chi connectivity index (χ4v) is 3.24. The zero-order valence-electron chi connectivity index (χ0n) is 15.0. The number of benzene rings is 1. The number of unbranched alkanes of at least 4 members (excludes halogenated alkanes) is 3. The lowest BCUT2D eigenvalue weighted by Gasteiger charge is -2.19. The number of rotatable bonds is 7. The Morgan fingerprint density at radius 2 is 1.74 bits per heavy atom. The van der Waals surface area contributed by atoms with E-state index in [1.807, 2.05) is 0 Å². The quantitative estimate of drug-likeness (QED) is 0.389. The molecule has 0 saturated heterocycles. The molecule has 0 aliphatic heterocycles. The highest BCUT2D eigenvalue weighted by atomic mass is 14.2. The molecule has 1 aliphatic rings. The number of allylic oxidation sites excluding steroid dienone is 2. The standard InChI is InChI=1S/C23H32/c1-3-5-7-9-21-12-16-23(17-13-21)19-18-22-14-10-20(11-15-22)8-6-4-2/h12-14,16-17,20H,3-11,15H2,1-2H3. The van der Waals surface area contributed by atoms with E-state index in [1.165, 1.54) is 75.3 Å². The normalized spacial score (nSPS) is 17.3. The molecule has 1 atom stereocenters. The van der Waals surface area contributed by atoms with E-state index in [0.29, 0.717) is 0 Å². The summed E-state index contributed by atoms with van der Waals surface area (Å²) in [6.45, 7) is 4.54. The molecule has 1 aromatic rings. The summed E-state index contributed by atoms with van der Waals surface area (Å²) in [6.07, 6.45) is 15.3. The first-order valence-electron chi connectivity index (χ1n) is 9.61. The molecule has 0 N–H and O–H groups in total. The summed E-state index contributed by atoms with van der Waals surface area (Å²) < 4.78 is 0. The van der Waals surface area contributed by atoms with E-state index >= 15 is 0 Å². The van der Waals surface area contributed by atoms with Crippen molar-refractivity contribution in [1.82, 2.24) is 0 Å². The van der Waals surface area contributed by atoms with Crippen LogP contribution in [0.25, 0.3) is 0 Å². The van der Waals surface area contributed by atoms with Crippen molar-refractivity contribution in [2.45, 2.75) is 78.1 Å². The second-order valence-corrected chi connectivity index (χ2v) is 6.92. The third-order valence-corrected chi connectivity index (χ3v) is 4.88. The highest BCUT2D eigenvalue weighted by Crippen LogP contribution is 2.27. The lowest BCUT2D eigenvalue weighted by atomic mass is 9.86. The van der Waals surface area contributed by atoms with E-state index in [2.05, 4.69) is 56.0 Å². The first-order chi connectivity index (χ1) is 11.3. The smallest absolute Gasteiger partial charge is 0.0249 e. The maximum absolute atomic E-state index is 3.40. The Labute approximate surface area is 143 Å². The molecular formula is C23H32. The van der Waals surface area contributed by atoms with Crippen molar-refractivity contribution in [2.75, 3.05) is 0 Å². The summed E-state index contributed by atoms with van der Waals surface area (Å²) in [5, 5.41) is 0. The van der Waals surface area contributed by atoms with Gasteiger partial charge in [-0.2, -0.15) is 0 Å². The largest absolute Gasteiger partial charge is 0.0726 e. The maximum atomic E-state index is 3.40. The topological polar surface area (TPSA) is 0 Å². The Bertz CT molecular complexity index is 536. The average Bonchev–Trinajstić information content (AvgIpc) is 2.60. The molecule has 0 heteroatoms. The SMILES string of the molecule is CCCCCc1ccc(C#CC2=CCC(CCCC)CC2)cc1. The first kappa shape index (κ1) is 17.9. The molecule has 124 valence electrons. The van der Waals surface area contributed by atoms with Crippen LogP contribution in [0.4, 0.5) is 0 Å². The van der Waals surface area contributed by atoms with Crippen LogP contribution in [-0.4, -0.2) is 0 Å². The molecule has 2 rings (SSSR count).